The zero-order valence-electron chi connectivity index (χ0n) is 8.33. The highest BCUT2D eigenvalue weighted by Gasteiger charge is 2.27. The highest BCUT2D eigenvalue weighted by atomic mass is 16.2. The van der Waals surface area contributed by atoms with Crippen molar-refractivity contribution in [3.63, 3.8) is 0 Å². The smallest absolute Gasteiger partial charge is 0.180 e. The van der Waals surface area contributed by atoms with Crippen LogP contribution in [0.2, 0.25) is 0 Å². The molecule has 1 aliphatic heterocycles. The second-order valence-electron chi connectivity index (χ2n) is 4.67. The van der Waals surface area contributed by atoms with E-state index in [1.54, 1.807) is 0 Å². The maximum Gasteiger partial charge on any atom is 0.180 e. The van der Waals surface area contributed by atoms with Gasteiger partial charge in [0, 0.05) is 0 Å². The second-order valence-corrected chi connectivity index (χ2v) is 4.67. The van der Waals surface area contributed by atoms with Crippen molar-refractivity contribution in [1.82, 2.24) is 0 Å². The molecule has 1 unspecified atom stereocenters. The molecule has 0 aromatic rings. The van der Waals surface area contributed by atoms with Crippen LogP contribution in [0, 0.1) is 5.41 Å². The SMILES string of the molecule is CC(C)(C)CC1N=CC(=O)CC1=O. The second kappa shape index (κ2) is 3.40. The van der Waals surface area contributed by atoms with Gasteiger partial charge in [0.05, 0.1) is 12.6 Å². The molecule has 1 aliphatic rings. The van der Waals surface area contributed by atoms with Gasteiger partial charge in [-0.2, -0.15) is 0 Å². The third kappa shape index (κ3) is 3.09. The molecule has 0 saturated carbocycles. The molecular formula is C10H15NO2. The Bertz CT molecular complexity index is 261. The summed E-state index contributed by atoms with van der Waals surface area (Å²) in [6, 6.07) is -0.294. The Morgan fingerprint density at radius 3 is 2.54 bits per heavy atom. The fourth-order valence-corrected chi connectivity index (χ4v) is 1.34. The predicted molar refractivity (Wildman–Crippen MR) is 51.0 cm³/mol. The molecule has 3 nitrogen and oxygen atoms in total. The van der Waals surface area contributed by atoms with Gasteiger partial charge in [-0.25, -0.2) is 0 Å². The van der Waals surface area contributed by atoms with E-state index in [-0.39, 0.29) is 29.4 Å². The van der Waals surface area contributed by atoms with Crippen LogP contribution in [-0.4, -0.2) is 23.8 Å². The van der Waals surface area contributed by atoms with E-state index in [1.807, 2.05) is 0 Å². The number of carbonyl (C=O) groups is 2. The molecule has 3 heteroatoms. The first kappa shape index (κ1) is 10.1. The molecule has 0 aromatic carbocycles. The molecular weight excluding hydrogens is 166 g/mol. The van der Waals surface area contributed by atoms with Crippen LogP contribution in [-0.2, 0) is 9.59 Å². The Labute approximate surface area is 78.2 Å². The lowest BCUT2D eigenvalue weighted by atomic mass is 9.85. The molecule has 1 heterocycles. The average Bonchev–Trinajstić information content (AvgIpc) is 1.93. The van der Waals surface area contributed by atoms with E-state index in [0.717, 1.165) is 6.42 Å². The molecule has 0 spiro atoms. The van der Waals surface area contributed by atoms with Crippen LogP contribution in [0.25, 0.3) is 0 Å². The van der Waals surface area contributed by atoms with Gasteiger partial charge in [0.25, 0.3) is 0 Å². The number of rotatable bonds is 1. The summed E-state index contributed by atoms with van der Waals surface area (Å²) in [5.74, 6) is -0.211. The van der Waals surface area contributed by atoms with E-state index in [9.17, 15) is 9.59 Å². The number of hydrogen-bond acceptors (Lipinski definition) is 3. The van der Waals surface area contributed by atoms with E-state index >= 15 is 0 Å². The number of hydrogen-bond donors (Lipinski definition) is 0. The fraction of sp³-hybridized carbons (Fsp3) is 0.700. The van der Waals surface area contributed by atoms with Gasteiger partial charge >= 0.3 is 0 Å². The monoisotopic (exact) mass is 181 g/mol. The molecule has 0 radical (unpaired) electrons. The number of Topliss-reactive ketones (excluding diaryl/α,β-unsaturated/α-hetero) is 2. The highest BCUT2D eigenvalue weighted by molar-refractivity contribution is 6.34. The maximum absolute atomic E-state index is 11.3. The van der Waals surface area contributed by atoms with Crippen molar-refractivity contribution in [3.05, 3.63) is 0 Å². The van der Waals surface area contributed by atoms with E-state index in [4.69, 9.17) is 0 Å². The summed E-state index contributed by atoms with van der Waals surface area (Å²) in [7, 11) is 0. The zero-order chi connectivity index (χ0) is 10.1. The minimum Gasteiger partial charge on any atom is -0.297 e. The van der Waals surface area contributed by atoms with Gasteiger partial charge in [-0.05, 0) is 11.8 Å². The van der Waals surface area contributed by atoms with Crippen molar-refractivity contribution < 1.29 is 9.59 Å². The first-order chi connectivity index (χ1) is 5.88. The van der Waals surface area contributed by atoms with E-state index in [1.165, 1.54) is 6.21 Å². The highest BCUT2D eigenvalue weighted by Crippen LogP contribution is 2.24. The molecule has 0 amide bonds. The Morgan fingerprint density at radius 1 is 1.46 bits per heavy atom. The maximum atomic E-state index is 11.3. The number of aliphatic imine (C=N–C) groups is 1. The molecule has 1 atom stereocenters. The normalized spacial score (nSPS) is 23.8. The summed E-state index contributed by atoms with van der Waals surface area (Å²) >= 11 is 0. The van der Waals surface area contributed by atoms with E-state index in [2.05, 4.69) is 25.8 Å². The van der Waals surface area contributed by atoms with Crippen LogP contribution in [0.1, 0.15) is 33.6 Å². The molecule has 0 fully saturated rings. The number of nitrogens with zero attached hydrogens (tertiary/aromatic N) is 1. The number of carbonyl (C=O) groups excluding carboxylic acids is 2. The van der Waals surface area contributed by atoms with Crippen LogP contribution in [0.15, 0.2) is 4.99 Å². The summed E-state index contributed by atoms with van der Waals surface area (Å²) in [4.78, 5) is 26.1. The van der Waals surface area contributed by atoms with Gasteiger partial charge in [0.1, 0.15) is 6.04 Å². The van der Waals surface area contributed by atoms with Crippen molar-refractivity contribution in [1.29, 1.82) is 0 Å². The lowest BCUT2D eigenvalue weighted by Crippen LogP contribution is -2.31. The molecule has 0 N–H and O–H groups in total. The Morgan fingerprint density at radius 2 is 2.08 bits per heavy atom. The van der Waals surface area contributed by atoms with E-state index < -0.39 is 0 Å². The number of ketones is 2. The Kier molecular flexibility index (Phi) is 2.64. The summed E-state index contributed by atoms with van der Waals surface area (Å²) in [5.41, 5.74) is 0.0814. The Hall–Kier alpha value is -0.990. The third-order valence-corrected chi connectivity index (χ3v) is 1.92. The molecule has 1 rings (SSSR count). The molecule has 13 heavy (non-hydrogen) atoms. The van der Waals surface area contributed by atoms with Crippen molar-refractivity contribution in [2.45, 2.75) is 39.7 Å². The molecule has 0 aromatic heterocycles. The van der Waals surface area contributed by atoms with Gasteiger partial charge in [0.15, 0.2) is 11.6 Å². The van der Waals surface area contributed by atoms with Crippen molar-refractivity contribution in [2.75, 3.05) is 0 Å². The summed E-state index contributed by atoms with van der Waals surface area (Å²) in [6.45, 7) is 6.19. The fourth-order valence-electron chi connectivity index (χ4n) is 1.34. The first-order valence-electron chi connectivity index (χ1n) is 4.47. The average molecular weight is 181 g/mol. The first-order valence-corrected chi connectivity index (χ1v) is 4.47. The topological polar surface area (TPSA) is 46.5 Å². The van der Waals surface area contributed by atoms with Crippen molar-refractivity contribution in [2.24, 2.45) is 10.4 Å². The zero-order valence-corrected chi connectivity index (χ0v) is 8.33. The van der Waals surface area contributed by atoms with Crippen molar-refractivity contribution in [3.8, 4) is 0 Å². The third-order valence-electron chi connectivity index (χ3n) is 1.92. The lowest BCUT2D eigenvalue weighted by Gasteiger charge is -2.23. The summed E-state index contributed by atoms with van der Waals surface area (Å²) < 4.78 is 0. The van der Waals surface area contributed by atoms with Crippen LogP contribution < -0.4 is 0 Å². The van der Waals surface area contributed by atoms with Gasteiger partial charge in [-0.3, -0.25) is 14.6 Å². The minimum absolute atomic E-state index is 0.0320. The quantitative estimate of drug-likeness (QED) is 0.574. The van der Waals surface area contributed by atoms with E-state index in [0.29, 0.717) is 0 Å². The molecule has 0 aliphatic carbocycles. The largest absolute Gasteiger partial charge is 0.297 e. The molecule has 0 saturated heterocycles. The summed E-state index contributed by atoms with van der Waals surface area (Å²) in [5, 5.41) is 0. The Balaban J connectivity index is 2.66. The minimum atomic E-state index is -0.294. The summed E-state index contributed by atoms with van der Waals surface area (Å²) in [6.07, 6.45) is 2.04. The van der Waals surface area contributed by atoms with Gasteiger partial charge in [-0.1, -0.05) is 20.8 Å². The predicted octanol–water partition coefficient (Wildman–Crippen LogP) is 1.40. The molecule has 0 bridgehead atoms. The lowest BCUT2D eigenvalue weighted by molar-refractivity contribution is -0.126. The van der Waals surface area contributed by atoms with Crippen molar-refractivity contribution >= 4 is 17.8 Å². The van der Waals surface area contributed by atoms with Gasteiger partial charge < -0.3 is 0 Å². The molecule has 72 valence electrons. The van der Waals surface area contributed by atoms with Crippen LogP contribution in [0.3, 0.4) is 0 Å². The van der Waals surface area contributed by atoms with Crippen LogP contribution in [0.4, 0.5) is 0 Å². The van der Waals surface area contributed by atoms with Gasteiger partial charge in [0.2, 0.25) is 0 Å². The standard InChI is InChI=1S/C10H15NO2/c1-10(2,3)5-8-9(13)4-7(12)6-11-8/h6,8H,4-5H2,1-3H3. The van der Waals surface area contributed by atoms with Gasteiger partial charge in [-0.15, -0.1) is 0 Å². The van der Waals surface area contributed by atoms with Crippen LogP contribution in [0.5, 0.6) is 0 Å². The van der Waals surface area contributed by atoms with Crippen LogP contribution >= 0.6 is 0 Å².